The van der Waals surface area contributed by atoms with E-state index in [1.165, 1.54) is 57.8 Å². The maximum absolute atomic E-state index is 6.79. The van der Waals surface area contributed by atoms with Gasteiger partial charge in [-0.3, -0.25) is 0 Å². The Kier molecular flexibility index (Phi) is 3.31. The number of hydrogen-bond donors (Lipinski definition) is 0. The second-order valence-corrected chi connectivity index (χ2v) is 10.5. The lowest BCUT2D eigenvalue weighted by Crippen LogP contribution is -2.86. The van der Waals surface area contributed by atoms with Crippen LogP contribution in [0.5, 0.6) is 0 Å². The molecule has 5 rings (SSSR count). The van der Waals surface area contributed by atoms with E-state index in [1.54, 1.807) is 6.42 Å². The van der Waals surface area contributed by atoms with Crippen molar-refractivity contribution in [3.63, 3.8) is 0 Å². The third-order valence-electron chi connectivity index (χ3n) is 9.41. The minimum Gasteiger partial charge on any atom is -0.374 e. The molecule has 5 saturated carbocycles. The molecule has 0 heterocycles. The Morgan fingerprint density at radius 3 is 2.22 bits per heavy atom. The Morgan fingerprint density at radius 2 is 1.65 bits per heavy atom. The summed E-state index contributed by atoms with van der Waals surface area (Å²) in [5.41, 5.74) is 1.34. The Balaban J connectivity index is 1.20. The van der Waals surface area contributed by atoms with Gasteiger partial charge in [-0.2, -0.15) is 0 Å². The zero-order valence-electron chi connectivity index (χ0n) is 15.5. The summed E-state index contributed by atoms with van der Waals surface area (Å²) in [4.78, 5) is 0. The fraction of sp³-hybridized carbons (Fsp3) is 1.00. The molecule has 23 heavy (non-hydrogen) atoms. The summed E-state index contributed by atoms with van der Waals surface area (Å²) in [5, 5.41) is 0. The highest BCUT2D eigenvalue weighted by atomic mass is 16.5. The van der Waals surface area contributed by atoms with Crippen molar-refractivity contribution in [1.29, 1.82) is 0 Å². The molecule has 5 fully saturated rings. The van der Waals surface area contributed by atoms with Gasteiger partial charge in [-0.05, 0) is 85.4 Å². The van der Waals surface area contributed by atoms with Crippen LogP contribution in [-0.2, 0) is 4.74 Å². The molecule has 5 atom stereocenters. The molecule has 5 aliphatic carbocycles. The van der Waals surface area contributed by atoms with Crippen LogP contribution < -0.4 is 0 Å². The van der Waals surface area contributed by atoms with Gasteiger partial charge in [-0.1, -0.05) is 40.0 Å². The monoisotopic (exact) mass is 316 g/mol. The minimum absolute atomic E-state index is 0.475. The maximum Gasteiger partial charge on any atom is 0.0646 e. The van der Waals surface area contributed by atoms with Gasteiger partial charge < -0.3 is 4.74 Å². The first-order chi connectivity index (χ1) is 11.1. The van der Waals surface area contributed by atoms with Gasteiger partial charge in [-0.25, -0.2) is 0 Å². The zero-order valence-corrected chi connectivity index (χ0v) is 15.5. The van der Waals surface area contributed by atoms with E-state index in [0.717, 1.165) is 35.0 Å². The van der Waals surface area contributed by atoms with Crippen molar-refractivity contribution in [3.8, 4) is 0 Å². The van der Waals surface area contributed by atoms with E-state index >= 15 is 0 Å². The molecule has 1 nitrogen and oxygen atoms in total. The van der Waals surface area contributed by atoms with Gasteiger partial charge in [0.25, 0.3) is 0 Å². The van der Waals surface area contributed by atoms with Gasteiger partial charge in [0.05, 0.1) is 12.2 Å². The summed E-state index contributed by atoms with van der Waals surface area (Å²) in [6.07, 6.45) is 15.6. The topological polar surface area (TPSA) is 9.23 Å². The molecule has 0 bridgehead atoms. The number of ether oxygens (including phenoxy) is 1. The average molecular weight is 317 g/mol. The van der Waals surface area contributed by atoms with Crippen molar-refractivity contribution >= 4 is 0 Å². The van der Waals surface area contributed by atoms with E-state index in [9.17, 15) is 0 Å². The molecule has 5 unspecified atom stereocenters. The third-order valence-corrected chi connectivity index (χ3v) is 9.41. The largest absolute Gasteiger partial charge is 0.374 e. The number of hydrogen-bond acceptors (Lipinski definition) is 1. The van der Waals surface area contributed by atoms with E-state index < -0.39 is 0 Å². The predicted molar refractivity (Wildman–Crippen MR) is 94.2 cm³/mol. The molecule has 0 saturated heterocycles. The van der Waals surface area contributed by atoms with Gasteiger partial charge in [0.2, 0.25) is 0 Å². The fourth-order valence-corrected chi connectivity index (χ4v) is 8.05. The molecule has 0 aromatic carbocycles. The lowest BCUT2D eigenvalue weighted by molar-refractivity contribution is -0.432. The van der Waals surface area contributed by atoms with Crippen LogP contribution in [0.15, 0.2) is 0 Å². The molecule has 1 spiro atoms. The van der Waals surface area contributed by atoms with Gasteiger partial charge in [0.15, 0.2) is 0 Å². The Bertz CT molecular complexity index is 452. The van der Waals surface area contributed by atoms with Crippen molar-refractivity contribution in [3.05, 3.63) is 0 Å². The Morgan fingerprint density at radius 1 is 1.00 bits per heavy atom. The van der Waals surface area contributed by atoms with Crippen LogP contribution in [0.25, 0.3) is 0 Å². The number of rotatable bonds is 6. The summed E-state index contributed by atoms with van der Waals surface area (Å²) in [5.74, 6) is 5.17. The fourth-order valence-electron chi connectivity index (χ4n) is 8.05. The first-order valence-electron chi connectivity index (χ1n) is 10.7. The van der Waals surface area contributed by atoms with Gasteiger partial charge in [0.1, 0.15) is 0 Å². The summed E-state index contributed by atoms with van der Waals surface area (Å²) in [6.45, 7) is 7.41. The normalized spacial score (nSPS) is 48.9. The van der Waals surface area contributed by atoms with E-state index in [-0.39, 0.29) is 0 Å². The quantitative estimate of drug-likeness (QED) is 0.599. The highest BCUT2D eigenvalue weighted by Crippen LogP contribution is 2.88. The van der Waals surface area contributed by atoms with Crippen LogP contribution in [0.4, 0.5) is 0 Å². The molecule has 5 aliphatic rings. The van der Waals surface area contributed by atoms with Crippen molar-refractivity contribution in [1.82, 2.24) is 0 Å². The van der Waals surface area contributed by atoms with Gasteiger partial charge in [0, 0.05) is 0 Å². The second-order valence-electron chi connectivity index (χ2n) is 10.5. The van der Waals surface area contributed by atoms with E-state index in [0.29, 0.717) is 17.6 Å². The lowest BCUT2D eigenvalue weighted by Gasteiger charge is -2.88. The van der Waals surface area contributed by atoms with Crippen LogP contribution in [-0.4, -0.2) is 12.2 Å². The molecule has 0 amide bonds. The highest BCUT2D eigenvalue weighted by Gasteiger charge is 2.85. The predicted octanol–water partition coefficient (Wildman–Crippen LogP) is 5.82. The van der Waals surface area contributed by atoms with Gasteiger partial charge in [-0.15, -0.1) is 0 Å². The smallest absolute Gasteiger partial charge is 0.0646 e. The molecule has 130 valence electrons. The molecule has 0 N–H and O–H groups in total. The molecular weight excluding hydrogens is 280 g/mol. The van der Waals surface area contributed by atoms with Crippen LogP contribution in [0, 0.1) is 40.4 Å². The van der Waals surface area contributed by atoms with Crippen molar-refractivity contribution < 1.29 is 4.74 Å². The summed E-state index contributed by atoms with van der Waals surface area (Å²) in [7, 11) is 0. The first kappa shape index (κ1) is 15.2. The molecule has 0 aromatic rings. The molecule has 0 aromatic heterocycles. The van der Waals surface area contributed by atoms with Crippen molar-refractivity contribution in [2.75, 3.05) is 0 Å². The van der Waals surface area contributed by atoms with Crippen LogP contribution in [0.1, 0.15) is 85.0 Å². The third kappa shape index (κ3) is 1.84. The standard InChI is InChI=1S/C22H36O/c1-4-17(13-21(2,3)14-8-6-5-7-9-14)23-20-18-11-15-10-16-12-19(20)22(15,16)18/h14-20H,4-13H2,1-3H3. The Labute approximate surface area is 142 Å². The van der Waals surface area contributed by atoms with Crippen molar-refractivity contribution in [2.24, 2.45) is 40.4 Å². The molecule has 0 radical (unpaired) electrons. The summed E-state index contributed by atoms with van der Waals surface area (Å²) in [6, 6.07) is 0. The van der Waals surface area contributed by atoms with Crippen LogP contribution in [0.2, 0.25) is 0 Å². The second kappa shape index (κ2) is 4.99. The highest BCUT2D eigenvalue weighted by molar-refractivity contribution is 5.33. The van der Waals surface area contributed by atoms with Gasteiger partial charge >= 0.3 is 0 Å². The van der Waals surface area contributed by atoms with Crippen LogP contribution >= 0.6 is 0 Å². The molecule has 1 heteroatoms. The van der Waals surface area contributed by atoms with E-state index in [1.807, 2.05) is 0 Å². The zero-order chi connectivity index (χ0) is 15.8. The SMILES string of the molecule is CCC(CC(C)(C)C1CCCCC1)OC1C2CC3CC4CC1C342. The summed E-state index contributed by atoms with van der Waals surface area (Å²) >= 11 is 0. The molecule has 0 aliphatic heterocycles. The lowest BCUT2D eigenvalue weighted by atomic mass is 9.17. The Hall–Kier alpha value is -0.0400. The van der Waals surface area contributed by atoms with E-state index in [2.05, 4.69) is 20.8 Å². The first-order valence-corrected chi connectivity index (χ1v) is 10.7. The summed E-state index contributed by atoms with van der Waals surface area (Å²) < 4.78 is 6.79. The van der Waals surface area contributed by atoms with Crippen LogP contribution in [0.3, 0.4) is 0 Å². The maximum atomic E-state index is 6.79. The molecular formula is C22H36O. The average Bonchev–Trinajstić information content (AvgIpc) is 2.48. The van der Waals surface area contributed by atoms with Crippen molar-refractivity contribution in [2.45, 2.75) is 97.2 Å². The minimum atomic E-state index is 0.475. The van der Waals surface area contributed by atoms with E-state index in [4.69, 9.17) is 4.74 Å².